The van der Waals surface area contributed by atoms with Crippen LogP contribution < -0.4 is 19.6 Å². The van der Waals surface area contributed by atoms with Crippen LogP contribution in [0.15, 0.2) is 52.9 Å². The summed E-state index contributed by atoms with van der Waals surface area (Å²) in [4.78, 5) is 4.58. The van der Waals surface area contributed by atoms with Crippen molar-refractivity contribution >= 4 is 22.7 Å². The molecule has 0 bridgehead atoms. The van der Waals surface area contributed by atoms with Crippen LogP contribution >= 0.6 is 11.3 Å². The molecule has 0 fully saturated rings. The van der Waals surface area contributed by atoms with Gasteiger partial charge in [-0.15, -0.1) is 11.3 Å². The number of hydrogen-bond acceptors (Lipinski definition) is 7. The fraction of sp³-hybridized carbons (Fsp3) is 0.273. The number of anilines is 1. The number of hydrazone groups is 1. The molecule has 0 saturated heterocycles. The van der Waals surface area contributed by atoms with Gasteiger partial charge in [-0.3, -0.25) is 5.43 Å². The van der Waals surface area contributed by atoms with Crippen LogP contribution in [0.3, 0.4) is 0 Å². The molecule has 7 heteroatoms. The fourth-order valence-corrected chi connectivity index (χ4v) is 3.30. The Morgan fingerprint density at radius 3 is 2.76 bits per heavy atom. The van der Waals surface area contributed by atoms with Gasteiger partial charge in [-0.05, 0) is 42.3 Å². The van der Waals surface area contributed by atoms with Crippen molar-refractivity contribution in [3.63, 3.8) is 0 Å². The molecule has 3 aromatic rings. The maximum absolute atomic E-state index is 5.73. The van der Waals surface area contributed by atoms with E-state index in [-0.39, 0.29) is 0 Å². The lowest BCUT2D eigenvalue weighted by atomic mass is 10.1. The Bertz CT molecular complexity index is 956. The number of unbranched alkanes of at least 4 members (excludes halogenated alkanes) is 1. The highest BCUT2D eigenvalue weighted by molar-refractivity contribution is 7.14. The van der Waals surface area contributed by atoms with Crippen LogP contribution in [0.1, 0.15) is 25.3 Å². The minimum absolute atomic E-state index is 0.673. The van der Waals surface area contributed by atoms with Gasteiger partial charge in [0, 0.05) is 10.9 Å². The lowest BCUT2D eigenvalue weighted by Gasteiger charge is -2.08. The third kappa shape index (κ3) is 5.71. The average molecular weight is 412 g/mol. The number of ether oxygens (including phenoxy) is 3. The SMILES string of the molecule is CCCCOc1cccc(/C=N\Nc2nc(-c3ccc(OC)c(OC)c3)cs2)c1. The van der Waals surface area contributed by atoms with Gasteiger partial charge in [0.1, 0.15) is 5.75 Å². The van der Waals surface area contributed by atoms with Crippen molar-refractivity contribution in [2.75, 3.05) is 26.3 Å². The molecule has 1 aromatic heterocycles. The minimum atomic E-state index is 0.673. The molecule has 1 heterocycles. The van der Waals surface area contributed by atoms with Crippen LogP contribution in [0.2, 0.25) is 0 Å². The Morgan fingerprint density at radius 1 is 1.10 bits per heavy atom. The van der Waals surface area contributed by atoms with Gasteiger partial charge >= 0.3 is 0 Å². The number of aromatic nitrogens is 1. The largest absolute Gasteiger partial charge is 0.494 e. The first-order valence-corrected chi connectivity index (χ1v) is 10.3. The summed E-state index contributed by atoms with van der Waals surface area (Å²) in [5, 5.41) is 6.97. The van der Waals surface area contributed by atoms with E-state index in [2.05, 4.69) is 22.4 Å². The molecule has 3 rings (SSSR count). The van der Waals surface area contributed by atoms with E-state index in [1.54, 1.807) is 20.4 Å². The zero-order chi connectivity index (χ0) is 20.5. The maximum atomic E-state index is 5.73. The molecule has 0 aliphatic carbocycles. The molecule has 0 spiro atoms. The highest BCUT2D eigenvalue weighted by atomic mass is 32.1. The summed E-state index contributed by atoms with van der Waals surface area (Å²) in [7, 11) is 3.24. The second-order valence-electron chi connectivity index (χ2n) is 6.25. The number of hydrogen-bond donors (Lipinski definition) is 1. The summed E-state index contributed by atoms with van der Waals surface area (Å²) in [6.07, 6.45) is 3.92. The average Bonchev–Trinajstić information content (AvgIpc) is 3.22. The van der Waals surface area contributed by atoms with Gasteiger partial charge in [0.15, 0.2) is 11.5 Å². The first-order chi connectivity index (χ1) is 14.2. The minimum Gasteiger partial charge on any atom is -0.494 e. The van der Waals surface area contributed by atoms with Crippen molar-refractivity contribution in [1.29, 1.82) is 0 Å². The monoisotopic (exact) mass is 411 g/mol. The molecule has 0 saturated carbocycles. The quantitative estimate of drug-likeness (QED) is 0.273. The normalized spacial score (nSPS) is 10.9. The van der Waals surface area contributed by atoms with E-state index in [1.165, 1.54) is 11.3 Å². The van der Waals surface area contributed by atoms with E-state index < -0.39 is 0 Å². The summed E-state index contributed by atoms with van der Waals surface area (Å²) in [6.45, 7) is 2.88. The molecule has 1 N–H and O–H groups in total. The van der Waals surface area contributed by atoms with Crippen LogP contribution in [0, 0.1) is 0 Å². The lowest BCUT2D eigenvalue weighted by Crippen LogP contribution is -1.97. The fourth-order valence-electron chi connectivity index (χ4n) is 2.63. The molecular weight excluding hydrogens is 386 g/mol. The Hall–Kier alpha value is -3.06. The Morgan fingerprint density at radius 2 is 1.97 bits per heavy atom. The van der Waals surface area contributed by atoms with E-state index in [0.29, 0.717) is 16.6 Å². The van der Waals surface area contributed by atoms with Crippen LogP contribution in [0.5, 0.6) is 17.2 Å². The van der Waals surface area contributed by atoms with E-state index >= 15 is 0 Å². The summed E-state index contributed by atoms with van der Waals surface area (Å²) < 4.78 is 16.4. The maximum Gasteiger partial charge on any atom is 0.203 e. The molecule has 0 radical (unpaired) electrons. The van der Waals surface area contributed by atoms with Crippen molar-refractivity contribution < 1.29 is 14.2 Å². The van der Waals surface area contributed by atoms with Crippen LogP contribution in [0.25, 0.3) is 11.3 Å². The zero-order valence-electron chi connectivity index (χ0n) is 16.8. The Kier molecular flexibility index (Phi) is 7.47. The Balaban J connectivity index is 1.63. The van der Waals surface area contributed by atoms with Crippen molar-refractivity contribution in [2.45, 2.75) is 19.8 Å². The van der Waals surface area contributed by atoms with Crippen LogP contribution in [-0.4, -0.2) is 32.0 Å². The molecule has 0 aliphatic heterocycles. The van der Waals surface area contributed by atoms with Gasteiger partial charge in [-0.1, -0.05) is 25.5 Å². The van der Waals surface area contributed by atoms with Gasteiger partial charge in [-0.25, -0.2) is 4.98 Å². The predicted molar refractivity (Wildman–Crippen MR) is 119 cm³/mol. The van der Waals surface area contributed by atoms with Gasteiger partial charge in [0.25, 0.3) is 0 Å². The van der Waals surface area contributed by atoms with Gasteiger partial charge in [0.2, 0.25) is 5.13 Å². The smallest absolute Gasteiger partial charge is 0.203 e. The van der Waals surface area contributed by atoms with E-state index in [9.17, 15) is 0 Å². The number of rotatable bonds is 10. The summed E-state index contributed by atoms with van der Waals surface area (Å²) in [6, 6.07) is 13.6. The van der Waals surface area contributed by atoms with Crippen molar-refractivity contribution in [2.24, 2.45) is 5.10 Å². The number of nitrogens with one attached hydrogen (secondary N) is 1. The van der Waals surface area contributed by atoms with Gasteiger partial charge in [-0.2, -0.15) is 5.10 Å². The van der Waals surface area contributed by atoms with Crippen LogP contribution in [-0.2, 0) is 0 Å². The van der Waals surface area contributed by atoms with E-state index in [0.717, 1.165) is 42.0 Å². The van der Waals surface area contributed by atoms with Crippen LogP contribution in [0.4, 0.5) is 5.13 Å². The molecule has 0 amide bonds. The summed E-state index contributed by atoms with van der Waals surface area (Å²) in [5.41, 5.74) is 5.75. The highest BCUT2D eigenvalue weighted by Crippen LogP contribution is 2.33. The molecule has 6 nitrogen and oxygen atoms in total. The molecule has 0 unspecified atom stereocenters. The second-order valence-corrected chi connectivity index (χ2v) is 7.11. The number of methoxy groups -OCH3 is 2. The van der Waals surface area contributed by atoms with Gasteiger partial charge < -0.3 is 14.2 Å². The summed E-state index contributed by atoms with van der Waals surface area (Å²) >= 11 is 1.49. The zero-order valence-corrected chi connectivity index (χ0v) is 17.7. The third-order valence-electron chi connectivity index (χ3n) is 4.18. The number of thiazole rings is 1. The lowest BCUT2D eigenvalue weighted by molar-refractivity contribution is 0.309. The first-order valence-electron chi connectivity index (χ1n) is 9.43. The predicted octanol–water partition coefficient (Wildman–Crippen LogP) is 5.45. The van der Waals surface area contributed by atoms with E-state index in [1.807, 2.05) is 47.8 Å². The number of benzene rings is 2. The molecule has 2 aromatic carbocycles. The van der Waals surface area contributed by atoms with Crippen molar-refractivity contribution in [3.05, 3.63) is 53.4 Å². The van der Waals surface area contributed by atoms with Gasteiger partial charge in [0.05, 0.1) is 32.7 Å². The standard InChI is InChI=1S/C22H25N3O3S/c1-4-5-11-28-18-8-6-7-16(12-18)14-23-25-22-24-19(15-29-22)17-9-10-20(26-2)21(13-17)27-3/h6-10,12-15H,4-5,11H2,1-3H3,(H,24,25)/b23-14-. The van der Waals surface area contributed by atoms with Crippen molar-refractivity contribution in [3.8, 4) is 28.5 Å². The Labute approximate surface area is 175 Å². The molecule has 0 aliphatic rings. The third-order valence-corrected chi connectivity index (χ3v) is 4.93. The molecule has 152 valence electrons. The molecule has 0 atom stereocenters. The van der Waals surface area contributed by atoms with Crippen molar-refractivity contribution in [1.82, 2.24) is 4.98 Å². The molecular formula is C22H25N3O3S. The highest BCUT2D eigenvalue weighted by Gasteiger charge is 2.09. The second kappa shape index (κ2) is 10.5. The topological polar surface area (TPSA) is 65.0 Å². The first kappa shape index (κ1) is 20.7. The van der Waals surface area contributed by atoms with E-state index in [4.69, 9.17) is 14.2 Å². The molecule has 29 heavy (non-hydrogen) atoms. The summed E-state index contributed by atoms with van der Waals surface area (Å²) in [5.74, 6) is 2.22. The number of nitrogens with zero attached hydrogens (tertiary/aromatic N) is 2.